The number of hydrogen-bond acceptors (Lipinski definition) is 2. The van der Waals surface area contributed by atoms with E-state index in [1.54, 1.807) is 0 Å². The van der Waals surface area contributed by atoms with Crippen LogP contribution in [0.15, 0.2) is 53.0 Å². The lowest BCUT2D eigenvalue weighted by atomic mass is 9.93. The van der Waals surface area contributed by atoms with Crippen LogP contribution in [0.3, 0.4) is 0 Å². The van der Waals surface area contributed by atoms with Gasteiger partial charge in [-0.3, -0.25) is 4.79 Å². The normalized spacial score (nSPS) is 17.6. The van der Waals surface area contributed by atoms with Gasteiger partial charge in [0, 0.05) is 10.9 Å². The maximum Gasteiger partial charge on any atom is 0.170 e. The van der Waals surface area contributed by atoms with E-state index in [1.165, 1.54) is 5.56 Å². The second-order valence-corrected chi connectivity index (χ2v) is 5.88. The number of fused-ring (bicyclic) bond motifs is 1. The van der Waals surface area contributed by atoms with Crippen molar-refractivity contribution < 1.29 is 9.53 Å². The Bertz CT molecular complexity index is 619. The number of carbonyl (C=O) groups excluding carboxylic acids is 1. The molecule has 3 heteroatoms. The number of halogens is 1. The zero-order valence-corrected chi connectivity index (χ0v) is 12.6. The number of rotatable bonds is 3. The van der Waals surface area contributed by atoms with Crippen molar-refractivity contribution in [2.75, 3.05) is 6.61 Å². The third-order valence-electron chi connectivity index (χ3n) is 3.58. The van der Waals surface area contributed by atoms with E-state index in [0.29, 0.717) is 13.0 Å². The van der Waals surface area contributed by atoms with Crippen LogP contribution in [-0.2, 0) is 22.4 Å². The predicted molar refractivity (Wildman–Crippen MR) is 81.7 cm³/mol. The lowest BCUT2D eigenvalue weighted by Crippen LogP contribution is -2.24. The van der Waals surface area contributed by atoms with E-state index in [2.05, 4.69) is 22.0 Å². The van der Waals surface area contributed by atoms with Crippen LogP contribution >= 0.6 is 15.9 Å². The first-order valence-corrected chi connectivity index (χ1v) is 7.50. The molecule has 0 spiro atoms. The minimum Gasteiger partial charge on any atom is -0.365 e. The highest BCUT2D eigenvalue weighted by molar-refractivity contribution is 9.10. The summed E-state index contributed by atoms with van der Waals surface area (Å²) in [7, 11) is 0. The van der Waals surface area contributed by atoms with Gasteiger partial charge in [-0.15, -0.1) is 0 Å². The summed E-state index contributed by atoms with van der Waals surface area (Å²) in [6.07, 6.45) is 0.883. The summed E-state index contributed by atoms with van der Waals surface area (Å²) in [5, 5.41) is 0. The maximum atomic E-state index is 12.5. The monoisotopic (exact) mass is 330 g/mol. The molecule has 1 unspecified atom stereocenters. The van der Waals surface area contributed by atoms with E-state index < -0.39 is 6.10 Å². The minimum absolute atomic E-state index is 0.125. The van der Waals surface area contributed by atoms with Crippen molar-refractivity contribution >= 4 is 21.7 Å². The van der Waals surface area contributed by atoms with E-state index >= 15 is 0 Å². The quantitative estimate of drug-likeness (QED) is 0.853. The molecule has 0 radical (unpaired) electrons. The fourth-order valence-electron chi connectivity index (χ4n) is 2.56. The SMILES string of the molecule is O=C(Cc1ccc(Br)cc1)C1OCCc2ccccc21. The Morgan fingerprint density at radius 1 is 1.15 bits per heavy atom. The number of hydrogen-bond donors (Lipinski definition) is 0. The Labute approximate surface area is 126 Å². The lowest BCUT2D eigenvalue weighted by molar-refractivity contribution is -0.131. The van der Waals surface area contributed by atoms with Crippen LogP contribution in [0.2, 0.25) is 0 Å². The zero-order valence-electron chi connectivity index (χ0n) is 11.0. The van der Waals surface area contributed by atoms with Gasteiger partial charge in [0.25, 0.3) is 0 Å². The summed E-state index contributed by atoms with van der Waals surface area (Å²) in [4.78, 5) is 12.5. The second kappa shape index (κ2) is 5.90. The summed E-state index contributed by atoms with van der Waals surface area (Å²) in [6, 6.07) is 15.9. The topological polar surface area (TPSA) is 26.3 Å². The second-order valence-electron chi connectivity index (χ2n) is 4.97. The van der Waals surface area contributed by atoms with Gasteiger partial charge in [0.2, 0.25) is 0 Å². The van der Waals surface area contributed by atoms with Gasteiger partial charge in [-0.05, 0) is 35.2 Å². The Morgan fingerprint density at radius 2 is 1.90 bits per heavy atom. The standard InChI is InChI=1S/C17H15BrO2/c18-14-7-5-12(6-8-14)11-16(19)17-15-4-2-1-3-13(15)9-10-20-17/h1-8,17H,9-11H2. The van der Waals surface area contributed by atoms with Crippen molar-refractivity contribution in [3.8, 4) is 0 Å². The summed E-state index contributed by atoms with van der Waals surface area (Å²) in [5.74, 6) is 0.125. The molecule has 1 atom stereocenters. The van der Waals surface area contributed by atoms with Crippen LogP contribution in [0.5, 0.6) is 0 Å². The largest absolute Gasteiger partial charge is 0.365 e. The van der Waals surface area contributed by atoms with Gasteiger partial charge in [-0.1, -0.05) is 52.3 Å². The molecule has 2 aromatic carbocycles. The fourth-order valence-corrected chi connectivity index (χ4v) is 2.82. The first-order chi connectivity index (χ1) is 9.74. The molecule has 102 valence electrons. The van der Waals surface area contributed by atoms with E-state index in [-0.39, 0.29) is 5.78 Å². The third-order valence-corrected chi connectivity index (χ3v) is 4.11. The van der Waals surface area contributed by atoms with Crippen LogP contribution in [0.4, 0.5) is 0 Å². The average Bonchev–Trinajstić information content (AvgIpc) is 2.49. The van der Waals surface area contributed by atoms with Crippen molar-refractivity contribution in [2.45, 2.75) is 18.9 Å². The molecule has 0 saturated heterocycles. The molecule has 1 aliphatic heterocycles. The molecule has 0 aromatic heterocycles. The van der Waals surface area contributed by atoms with Crippen LogP contribution < -0.4 is 0 Å². The summed E-state index contributed by atoms with van der Waals surface area (Å²) < 4.78 is 6.72. The zero-order chi connectivity index (χ0) is 13.9. The Hall–Kier alpha value is -1.45. The van der Waals surface area contributed by atoms with Crippen LogP contribution in [0.25, 0.3) is 0 Å². The number of ketones is 1. The summed E-state index contributed by atoms with van der Waals surface area (Å²) >= 11 is 3.40. The molecular formula is C17H15BrO2. The van der Waals surface area contributed by atoms with Crippen molar-refractivity contribution in [1.82, 2.24) is 0 Å². The van der Waals surface area contributed by atoms with Gasteiger partial charge in [0.1, 0.15) is 6.10 Å². The van der Waals surface area contributed by atoms with E-state index in [4.69, 9.17) is 4.74 Å². The van der Waals surface area contributed by atoms with E-state index in [9.17, 15) is 4.79 Å². The smallest absolute Gasteiger partial charge is 0.170 e. The fraction of sp³-hybridized carbons (Fsp3) is 0.235. The Kier molecular flexibility index (Phi) is 3.99. The van der Waals surface area contributed by atoms with Crippen molar-refractivity contribution in [2.24, 2.45) is 0 Å². The number of benzene rings is 2. The average molecular weight is 331 g/mol. The van der Waals surface area contributed by atoms with Gasteiger partial charge < -0.3 is 4.74 Å². The maximum absolute atomic E-state index is 12.5. The molecule has 1 heterocycles. The highest BCUT2D eigenvalue weighted by atomic mass is 79.9. The first-order valence-electron chi connectivity index (χ1n) is 6.70. The summed E-state index contributed by atoms with van der Waals surface area (Å²) in [5.41, 5.74) is 3.28. The molecule has 20 heavy (non-hydrogen) atoms. The van der Waals surface area contributed by atoms with E-state index in [0.717, 1.165) is 22.0 Å². The molecule has 0 amide bonds. The van der Waals surface area contributed by atoms with Crippen LogP contribution in [0, 0.1) is 0 Å². The molecule has 0 fully saturated rings. The Balaban J connectivity index is 1.80. The molecule has 3 rings (SSSR count). The molecule has 1 aliphatic rings. The van der Waals surface area contributed by atoms with Crippen molar-refractivity contribution in [1.29, 1.82) is 0 Å². The van der Waals surface area contributed by atoms with E-state index in [1.807, 2.05) is 42.5 Å². The number of Topliss-reactive ketones (excluding diaryl/α,β-unsaturated/α-hetero) is 1. The number of carbonyl (C=O) groups is 1. The molecule has 2 nitrogen and oxygen atoms in total. The van der Waals surface area contributed by atoms with Crippen molar-refractivity contribution in [3.05, 3.63) is 69.7 Å². The highest BCUT2D eigenvalue weighted by Gasteiger charge is 2.26. The Morgan fingerprint density at radius 3 is 2.70 bits per heavy atom. The van der Waals surface area contributed by atoms with Crippen molar-refractivity contribution in [3.63, 3.8) is 0 Å². The first kappa shape index (κ1) is 13.5. The molecule has 0 aliphatic carbocycles. The molecule has 2 aromatic rings. The van der Waals surface area contributed by atoms with Gasteiger partial charge in [0.05, 0.1) is 6.61 Å². The van der Waals surface area contributed by atoms with Gasteiger partial charge in [-0.25, -0.2) is 0 Å². The number of ether oxygens (including phenoxy) is 1. The van der Waals surface area contributed by atoms with Crippen LogP contribution in [-0.4, -0.2) is 12.4 Å². The van der Waals surface area contributed by atoms with Crippen LogP contribution in [0.1, 0.15) is 22.8 Å². The highest BCUT2D eigenvalue weighted by Crippen LogP contribution is 2.28. The predicted octanol–water partition coefficient (Wildman–Crippen LogP) is 3.87. The van der Waals surface area contributed by atoms with Gasteiger partial charge in [0.15, 0.2) is 5.78 Å². The van der Waals surface area contributed by atoms with Gasteiger partial charge >= 0.3 is 0 Å². The molecule has 0 N–H and O–H groups in total. The van der Waals surface area contributed by atoms with Gasteiger partial charge in [-0.2, -0.15) is 0 Å². The summed E-state index contributed by atoms with van der Waals surface area (Å²) in [6.45, 7) is 0.619. The molecule has 0 saturated carbocycles. The third kappa shape index (κ3) is 2.84. The molecule has 0 bridgehead atoms. The lowest BCUT2D eigenvalue weighted by Gasteiger charge is -2.25. The minimum atomic E-state index is -0.413. The molecular weight excluding hydrogens is 316 g/mol.